The minimum Gasteiger partial charge on any atom is -0.486 e. The number of hydrogen-bond donors (Lipinski definition) is 1. The number of fused-ring (bicyclic) bond motifs is 1. The lowest BCUT2D eigenvalue weighted by molar-refractivity contribution is -0.130. The number of amides is 2. The summed E-state index contributed by atoms with van der Waals surface area (Å²) in [4.78, 5) is 26.0. The Morgan fingerprint density at radius 2 is 1.82 bits per heavy atom. The van der Waals surface area contributed by atoms with E-state index in [1.54, 1.807) is 11.0 Å². The summed E-state index contributed by atoms with van der Waals surface area (Å²) in [7, 11) is 0. The first kappa shape index (κ1) is 19.6. The summed E-state index contributed by atoms with van der Waals surface area (Å²) in [5, 5.41) is 2.37. The van der Waals surface area contributed by atoms with Gasteiger partial charge in [0.15, 0.2) is 11.5 Å². The van der Waals surface area contributed by atoms with Gasteiger partial charge in [-0.25, -0.2) is 8.78 Å². The number of hydrogen-bond acceptors (Lipinski definition) is 4. The van der Waals surface area contributed by atoms with E-state index in [9.17, 15) is 18.4 Å². The second-order valence-electron chi connectivity index (χ2n) is 6.19. The van der Waals surface area contributed by atoms with Crippen LogP contribution in [0.25, 0.3) is 0 Å². The summed E-state index contributed by atoms with van der Waals surface area (Å²) < 4.78 is 37.6. The summed E-state index contributed by atoms with van der Waals surface area (Å²) in [5.41, 5.74) is 0.541. The van der Waals surface area contributed by atoms with Crippen LogP contribution < -0.4 is 14.8 Å². The van der Waals surface area contributed by atoms with Gasteiger partial charge in [0, 0.05) is 19.2 Å². The van der Waals surface area contributed by atoms with Gasteiger partial charge in [0.25, 0.3) is 5.91 Å². The summed E-state index contributed by atoms with van der Waals surface area (Å²) in [6.07, 6.45) is 0. The number of nitrogens with one attached hydrogen (secondary N) is 1. The van der Waals surface area contributed by atoms with Crippen LogP contribution in [0.2, 0.25) is 0 Å². The van der Waals surface area contributed by atoms with E-state index in [1.165, 1.54) is 0 Å². The van der Waals surface area contributed by atoms with E-state index in [-0.39, 0.29) is 18.0 Å². The van der Waals surface area contributed by atoms with E-state index < -0.39 is 17.5 Å². The van der Waals surface area contributed by atoms with Gasteiger partial charge in [0.2, 0.25) is 5.91 Å². The van der Waals surface area contributed by atoms with Gasteiger partial charge in [0.05, 0.1) is 12.1 Å². The standard InChI is InChI=1S/C20H20F2N2O4/c1-2-24(12-13-3-6-17-18(9-13)28-8-7-27-17)19(25)11-23-20(26)15-5-4-14(21)10-16(15)22/h3-6,9-10H,2,7-8,11-12H2,1H3,(H,23,26). The Balaban J connectivity index is 1.59. The van der Waals surface area contributed by atoms with E-state index in [1.807, 2.05) is 19.1 Å². The van der Waals surface area contributed by atoms with Gasteiger partial charge < -0.3 is 19.7 Å². The van der Waals surface area contributed by atoms with Crippen molar-refractivity contribution in [1.29, 1.82) is 0 Å². The normalized spacial score (nSPS) is 12.4. The van der Waals surface area contributed by atoms with Crippen LogP contribution in [-0.2, 0) is 11.3 Å². The predicted octanol–water partition coefficient (Wildman–Crippen LogP) is 2.51. The third kappa shape index (κ3) is 4.57. The van der Waals surface area contributed by atoms with Crippen molar-refractivity contribution in [2.24, 2.45) is 0 Å². The first-order chi connectivity index (χ1) is 13.5. The molecule has 2 aromatic rings. The van der Waals surface area contributed by atoms with E-state index in [0.717, 1.165) is 17.7 Å². The molecule has 28 heavy (non-hydrogen) atoms. The fourth-order valence-corrected chi connectivity index (χ4v) is 2.82. The summed E-state index contributed by atoms with van der Waals surface area (Å²) in [5.74, 6) is -1.56. The number of likely N-dealkylation sites (N-methyl/N-ethyl adjacent to an activating group) is 1. The lowest BCUT2D eigenvalue weighted by Crippen LogP contribution is -2.40. The highest BCUT2D eigenvalue weighted by Crippen LogP contribution is 2.31. The maximum Gasteiger partial charge on any atom is 0.254 e. The van der Waals surface area contributed by atoms with Crippen molar-refractivity contribution in [2.45, 2.75) is 13.5 Å². The second-order valence-corrected chi connectivity index (χ2v) is 6.19. The van der Waals surface area contributed by atoms with Crippen molar-refractivity contribution in [3.63, 3.8) is 0 Å². The van der Waals surface area contributed by atoms with Crippen LogP contribution in [0.1, 0.15) is 22.8 Å². The SMILES string of the molecule is CCN(Cc1ccc2c(c1)OCCO2)C(=O)CNC(=O)c1ccc(F)cc1F. The quantitative estimate of drug-likeness (QED) is 0.823. The molecule has 0 bridgehead atoms. The van der Waals surface area contributed by atoms with Crippen molar-refractivity contribution in [3.8, 4) is 11.5 Å². The molecule has 0 aromatic heterocycles. The Bertz CT molecular complexity index is 889. The van der Waals surface area contributed by atoms with Crippen LogP contribution in [0.5, 0.6) is 11.5 Å². The molecular weight excluding hydrogens is 370 g/mol. The molecule has 0 radical (unpaired) electrons. The molecule has 0 aliphatic carbocycles. The molecule has 0 saturated carbocycles. The van der Waals surface area contributed by atoms with Gasteiger partial charge >= 0.3 is 0 Å². The van der Waals surface area contributed by atoms with Gasteiger partial charge in [-0.1, -0.05) is 6.07 Å². The van der Waals surface area contributed by atoms with E-state index in [2.05, 4.69) is 5.32 Å². The maximum absolute atomic E-state index is 13.7. The second kappa shape index (κ2) is 8.69. The zero-order valence-corrected chi connectivity index (χ0v) is 15.3. The number of halogens is 2. The number of benzene rings is 2. The van der Waals surface area contributed by atoms with Crippen LogP contribution in [0.15, 0.2) is 36.4 Å². The lowest BCUT2D eigenvalue weighted by atomic mass is 10.1. The van der Waals surface area contributed by atoms with Crippen LogP contribution in [0, 0.1) is 11.6 Å². The maximum atomic E-state index is 13.7. The fourth-order valence-electron chi connectivity index (χ4n) is 2.82. The molecule has 0 spiro atoms. The van der Waals surface area contributed by atoms with Gasteiger partial charge in [0.1, 0.15) is 24.8 Å². The zero-order chi connectivity index (χ0) is 20.1. The molecule has 8 heteroatoms. The molecule has 1 aliphatic heterocycles. The van der Waals surface area contributed by atoms with Crippen molar-refractivity contribution in [2.75, 3.05) is 26.3 Å². The average Bonchev–Trinajstić information content (AvgIpc) is 2.69. The number of rotatable bonds is 6. The minimum atomic E-state index is -0.978. The van der Waals surface area contributed by atoms with E-state index in [0.29, 0.717) is 43.9 Å². The first-order valence-electron chi connectivity index (χ1n) is 8.87. The highest BCUT2D eigenvalue weighted by atomic mass is 19.1. The Morgan fingerprint density at radius 1 is 1.07 bits per heavy atom. The molecule has 1 heterocycles. The molecule has 0 fully saturated rings. The molecule has 0 unspecified atom stereocenters. The average molecular weight is 390 g/mol. The molecule has 2 amide bonds. The van der Waals surface area contributed by atoms with E-state index in [4.69, 9.17) is 9.47 Å². The molecule has 0 atom stereocenters. The molecule has 1 aliphatic rings. The van der Waals surface area contributed by atoms with Crippen LogP contribution in [-0.4, -0.2) is 43.0 Å². The fraction of sp³-hybridized carbons (Fsp3) is 0.300. The predicted molar refractivity (Wildman–Crippen MR) is 97.2 cm³/mol. The zero-order valence-electron chi connectivity index (χ0n) is 15.3. The smallest absolute Gasteiger partial charge is 0.254 e. The Kier molecular flexibility index (Phi) is 6.08. The third-order valence-corrected chi connectivity index (χ3v) is 4.29. The van der Waals surface area contributed by atoms with Gasteiger partial charge in [-0.2, -0.15) is 0 Å². The molecular formula is C20H20F2N2O4. The number of ether oxygens (including phenoxy) is 2. The highest BCUT2D eigenvalue weighted by Gasteiger charge is 2.18. The third-order valence-electron chi connectivity index (χ3n) is 4.29. The Morgan fingerprint density at radius 3 is 2.54 bits per heavy atom. The topological polar surface area (TPSA) is 67.9 Å². The molecule has 148 valence electrons. The minimum absolute atomic E-state index is 0.298. The molecule has 6 nitrogen and oxygen atoms in total. The molecule has 2 aromatic carbocycles. The monoisotopic (exact) mass is 390 g/mol. The molecule has 3 rings (SSSR count). The van der Waals surface area contributed by atoms with Crippen LogP contribution in [0.3, 0.4) is 0 Å². The number of carbonyl (C=O) groups excluding carboxylic acids is 2. The summed E-state index contributed by atoms with van der Waals surface area (Å²) in [6, 6.07) is 8.10. The Hall–Kier alpha value is -3.16. The lowest BCUT2D eigenvalue weighted by Gasteiger charge is -2.23. The van der Waals surface area contributed by atoms with E-state index >= 15 is 0 Å². The van der Waals surface area contributed by atoms with Crippen molar-refractivity contribution >= 4 is 11.8 Å². The molecule has 0 saturated heterocycles. The van der Waals surface area contributed by atoms with Crippen molar-refractivity contribution < 1.29 is 27.8 Å². The van der Waals surface area contributed by atoms with Gasteiger partial charge in [-0.15, -0.1) is 0 Å². The van der Waals surface area contributed by atoms with Crippen LogP contribution in [0.4, 0.5) is 8.78 Å². The number of nitrogens with zero attached hydrogens (tertiary/aromatic N) is 1. The number of carbonyl (C=O) groups is 2. The summed E-state index contributed by atoms with van der Waals surface area (Å²) in [6.45, 7) is 3.24. The van der Waals surface area contributed by atoms with Crippen molar-refractivity contribution in [3.05, 3.63) is 59.2 Å². The van der Waals surface area contributed by atoms with Gasteiger partial charge in [-0.3, -0.25) is 9.59 Å². The van der Waals surface area contributed by atoms with Crippen LogP contribution >= 0.6 is 0 Å². The molecule has 1 N–H and O–H groups in total. The highest BCUT2D eigenvalue weighted by molar-refractivity contribution is 5.96. The summed E-state index contributed by atoms with van der Waals surface area (Å²) >= 11 is 0. The largest absolute Gasteiger partial charge is 0.486 e. The van der Waals surface area contributed by atoms with Crippen molar-refractivity contribution in [1.82, 2.24) is 10.2 Å². The van der Waals surface area contributed by atoms with Gasteiger partial charge in [-0.05, 0) is 36.8 Å². The first-order valence-corrected chi connectivity index (χ1v) is 8.87. The Labute approximate surface area is 161 Å².